The molecule has 0 radical (unpaired) electrons. The summed E-state index contributed by atoms with van der Waals surface area (Å²) in [5.41, 5.74) is 3.51. The molecule has 13 heteroatoms. The van der Waals surface area contributed by atoms with Crippen LogP contribution in [0.4, 0.5) is 27.4 Å². The zero-order valence-corrected chi connectivity index (χ0v) is 23.5. The lowest BCUT2D eigenvalue weighted by Crippen LogP contribution is -2.40. The first-order valence-corrected chi connectivity index (χ1v) is 13.3. The largest absolute Gasteiger partial charge is 0.494 e. The molecule has 4 heterocycles. The van der Waals surface area contributed by atoms with Crippen molar-refractivity contribution >= 4 is 46.0 Å². The number of fused-ring (bicyclic) bond motifs is 1. The Morgan fingerprint density at radius 2 is 2.05 bits per heavy atom. The number of benzene rings is 1. The number of carbonyl (C=O) groups is 1. The van der Waals surface area contributed by atoms with Crippen LogP contribution in [-0.2, 0) is 9.53 Å². The molecule has 1 aliphatic rings. The van der Waals surface area contributed by atoms with Gasteiger partial charge in [0.1, 0.15) is 5.75 Å². The average molecular weight is 581 g/mol. The van der Waals surface area contributed by atoms with Crippen LogP contribution in [0.5, 0.6) is 5.75 Å². The summed E-state index contributed by atoms with van der Waals surface area (Å²) in [4.78, 5) is 25.6. The van der Waals surface area contributed by atoms with Crippen molar-refractivity contribution in [1.29, 1.82) is 0 Å². The number of anilines is 4. The van der Waals surface area contributed by atoms with E-state index < -0.39 is 11.7 Å². The lowest BCUT2D eigenvalue weighted by molar-refractivity contribution is -0.114. The number of hydrogen-bond donors (Lipinski definition) is 2. The second-order valence-electron chi connectivity index (χ2n) is 9.41. The van der Waals surface area contributed by atoms with Gasteiger partial charge in [0.05, 0.1) is 66.0 Å². The summed E-state index contributed by atoms with van der Waals surface area (Å²) in [7, 11) is 3.43. The van der Waals surface area contributed by atoms with Gasteiger partial charge in [0, 0.05) is 51.1 Å². The standard InChI is InChI=1S/C28H30ClFN8O3/c1-18(30)27(39)33-21-14-22(25(40-3)15-24(21)36(2)8-9-37-10-12-41-13-11-37)34-28-31-17-20(29)26(35-28)19-16-32-38-7-5-4-6-23(19)38/h4-7,14-17H,1,8-13H2,2-3H3,(H,33,39)(H,31,34,35). The fourth-order valence-corrected chi connectivity index (χ4v) is 4.72. The first-order valence-electron chi connectivity index (χ1n) is 13.0. The van der Waals surface area contributed by atoms with E-state index in [1.54, 1.807) is 22.8 Å². The molecule has 2 N–H and O–H groups in total. The molecule has 0 spiro atoms. The summed E-state index contributed by atoms with van der Waals surface area (Å²) in [6.45, 7) is 7.66. The molecule has 0 aliphatic carbocycles. The predicted octanol–water partition coefficient (Wildman–Crippen LogP) is 4.39. The summed E-state index contributed by atoms with van der Waals surface area (Å²) >= 11 is 6.48. The van der Waals surface area contributed by atoms with Gasteiger partial charge in [-0.3, -0.25) is 9.69 Å². The number of hydrogen-bond acceptors (Lipinski definition) is 9. The quantitative estimate of drug-likeness (QED) is 0.264. The molecular formula is C28H30ClFN8O3. The van der Waals surface area contributed by atoms with Crippen molar-refractivity contribution in [1.82, 2.24) is 24.5 Å². The van der Waals surface area contributed by atoms with Crippen LogP contribution in [0.2, 0.25) is 5.02 Å². The van der Waals surface area contributed by atoms with E-state index >= 15 is 0 Å². The number of pyridine rings is 1. The number of methoxy groups -OCH3 is 1. The van der Waals surface area contributed by atoms with E-state index in [4.69, 9.17) is 21.1 Å². The van der Waals surface area contributed by atoms with E-state index in [9.17, 15) is 9.18 Å². The minimum absolute atomic E-state index is 0.235. The second-order valence-corrected chi connectivity index (χ2v) is 9.82. The Labute approximate surface area is 241 Å². The number of halogens is 2. The molecule has 11 nitrogen and oxygen atoms in total. The minimum atomic E-state index is -1.10. The molecule has 5 rings (SSSR count). The molecule has 1 fully saturated rings. The van der Waals surface area contributed by atoms with Gasteiger partial charge in [-0.05, 0) is 18.2 Å². The molecule has 41 heavy (non-hydrogen) atoms. The highest BCUT2D eigenvalue weighted by Gasteiger charge is 2.20. The third-order valence-electron chi connectivity index (χ3n) is 6.75. The first-order chi connectivity index (χ1) is 19.8. The van der Waals surface area contributed by atoms with Gasteiger partial charge in [0.2, 0.25) is 5.95 Å². The van der Waals surface area contributed by atoms with Gasteiger partial charge in [-0.25, -0.2) is 18.9 Å². The zero-order valence-electron chi connectivity index (χ0n) is 22.7. The first kappa shape index (κ1) is 28.3. The number of aromatic nitrogens is 4. The molecule has 4 aromatic rings. The number of rotatable bonds is 10. The van der Waals surface area contributed by atoms with E-state index in [0.717, 1.165) is 30.7 Å². The van der Waals surface area contributed by atoms with E-state index in [1.165, 1.54) is 13.3 Å². The van der Waals surface area contributed by atoms with Crippen molar-refractivity contribution in [2.24, 2.45) is 0 Å². The molecule has 0 bridgehead atoms. The highest BCUT2D eigenvalue weighted by molar-refractivity contribution is 6.33. The molecule has 3 aromatic heterocycles. The number of likely N-dealkylation sites (N-methyl/N-ethyl adjacent to an activating group) is 1. The molecule has 1 aliphatic heterocycles. The van der Waals surface area contributed by atoms with E-state index in [1.807, 2.05) is 36.3 Å². The van der Waals surface area contributed by atoms with Crippen LogP contribution in [0, 0.1) is 0 Å². The maximum atomic E-state index is 13.7. The van der Waals surface area contributed by atoms with Gasteiger partial charge in [0.15, 0.2) is 5.83 Å². The Hall–Kier alpha value is -4.26. The monoisotopic (exact) mass is 580 g/mol. The Morgan fingerprint density at radius 3 is 2.80 bits per heavy atom. The van der Waals surface area contributed by atoms with Gasteiger partial charge in [0.25, 0.3) is 5.91 Å². The molecule has 0 atom stereocenters. The third kappa shape index (κ3) is 6.40. The zero-order chi connectivity index (χ0) is 28.9. The van der Waals surface area contributed by atoms with E-state index in [0.29, 0.717) is 53.3 Å². The van der Waals surface area contributed by atoms with Crippen molar-refractivity contribution in [3.8, 4) is 17.0 Å². The molecule has 0 saturated carbocycles. The SMILES string of the molecule is C=C(F)C(=O)Nc1cc(Nc2ncc(Cl)c(-c3cnn4ccccc34)n2)c(OC)cc1N(C)CCN1CCOCC1. The van der Waals surface area contributed by atoms with Gasteiger partial charge in [-0.1, -0.05) is 24.2 Å². The minimum Gasteiger partial charge on any atom is -0.494 e. The van der Waals surface area contributed by atoms with Crippen molar-refractivity contribution in [3.05, 3.63) is 66.4 Å². The normalized spacial score (nSPS) is 13.7. The van der Waals surface area contributed by atoms with Gasteiger partial charge < -0.3 is 25.0 Å². The molecule has 0 unspecified atom stereocenters. The highest BCUT2D eigenvalue weighted by Crippen LogP contribution is 2.38. The number of ether oxygens (including phenoxy) is 2. The van der Waals surface area contributed by atoms with Crippen LogP contribution in [-0.4, -0.2) is 83.9 Å². The lowest BCUT2D eigenvalue weighted by Gasteiger charge is -2.30. The molecule has 214 valence electrons. The van der Waals surface area contributed by atoms with Gasteiger partial charge in [-0.2, -0.15) is 5.10 Å². The average Bonchev–Trinajstić information content (AvgIpc) is 3.41. The predicted molar refractivity (Wildman–Crippen MR) is 157 cm³/mol. The maximum absolute atomic E-state index is 13.7. The smallest absolute Gasteiger partial charge is 0.283 e. The number of morpholine rings is 1. The Bertz CT molecular complexity index is 1570. The highest BCUT2D eigenvalue weighted by atomic mass is 35.5. The summed E-state index contributed by atoms with van der Waals surface area (Å²) in [6.07, 6.45) is 5.01. The van der Waals surface area contributed by atoms with Crippen LogP contribution in [0.25, 0.3) is 16.8 Å². The fourth-order valence-electron chi connectivity index (χ4n) is 4.53. The Morgan fingerprint density at radius 1 is 1.24 bits per heavy atom. The summed E-state index contributed by atoms with van der Waals surface area (Å²) in [5.74, 6) is -1.34. The van der Waals surface area contributed by atoms with Crippen molar-refractivity contribution in [2.45, 2.75) is 0 Å². The van der Waals surface area contributed by atoms with Crippen molar-refractivity contribution in [2.75, 3.05) is 69.1 Å². The van der Waals surface area contributed by atoms with Crippen molar-refractivity contribution < 1.29 is 18.7 Å². The van der Waals surface area contributed by atoms with Crippen molar-refractivity contribution in [3.63, 3.8) is 0 Å². The van der Waals surface area contributed by atoms with Crippen LogP contribution < -0.4 is 20.3 Å². The van der Waals surface area contributed by atoms with Crippen LogP contribution in [0.3, 0.4) is 0 Å². The lowest BCUT2D eigenvalue weighted by atomic mass is 10.2. The van der Waals surface area contributed by atoms with Gasteiger partial charge in [-0.15, -0.1) is 0 Å². The number of nitrogens with zero attached hydrogens (tertiary/aromatic N) is 6. The second kappa shape index (κ2) is 12.5. The summed E-state index contributed by atoms with van der Waals surface area (Å²) < 4.78 is 26.5. The van der Waals surface area contributed by atoms with Gasteiger partial charge >= 0.3 is 0 Å². The fraction of sp³-hybridized carbons (Fsp3) is 0.286. The Balaban J connectivity index is 1.46. The Kier molecular flexibility index (Phi) is 8.62. The van der Waals surface area contributed by atoms with E-state index in [-0.39, 0.29) is 5.95 Å². The topological polar surface area (TPSA) is 109 Å². The maximum Gasteiger partial charge on any atom is 0.283 e. The van der Waals surface area contributed by atoms with Crippen LogP contribution in [0.1, 0.15) is 0 Å². The molecule has 1 saturated heterocycles. The molecular weight excluding hydrogens is 551 g/mol. The summed E-state index contributed by atoms with van der Waals surface area (Å²) in [5, 5.41) is 10.5. The molecule has 1 aromatic carbocycles. The number of nitrogens with one attached hydrogen (secondary N) is 2. The summed E-state index contributed by atoms with van der Waals surface area (Å²) in [6, 6.07) is 9.11. The van der Waals surface area contributed by atoms with Crippen LogP contribution in [0.15, 0.2) is 61.3 Å². The number of carbonyl (C=O) groups excluding carboxylic acids is 1. The van der Waals surface area contributed by atoms with Crippen LogP contribution >= 0.6 is 11.6 Å². The number of amides is 1. The third-order valence-corrected chi connectivity index (χ3v) is 7.03. The van der Waals surface area contributed by atoms with E-state index in [2.05, 4.69) is 37.2 Å². The molecule has 1 amide bonds.